The van der Waals surface area contributed by atoms with Gasteiger partial charge in [-0.15, -0.1) is 0 Å². The van der Waals surface area contributed by atoms with Crippen molar-refractivity contribution in [3.05, 3.63) is 24.3 Å². The third kappa shape index (κ3) is 6.25. The molecule has 0 saturated heterocycles. The highest BCUT2D eigenvalue weighted by Gasteiger charge is 2.31. The molecule has 1 aromatic rings. The molecule has 1 aliphatic rings. The fourth-order valence-electron chi connectivity index (χ4n) is 3.88. The summed E-state index contributed by atoms with van der Waals surface area (Å²) in [7, 11) is 0. The molecule has 0 aromatic heterocycles. The Bertz CT molecular complexity index is 632. The number of hydrogen-bond donors (Lipinski definition) is 2. The molecule has 1 aromatic carbocycles. The van der Waals surface area contributed by atoms with E-state index in [4.69, 9.17) is 4.74 Å². The summed E-state index contributed by atoms with van der Waals surface area (Å²) in [5.74, 6) is 2.03. The number of carbonyl (C=O) groups is 2. The van der Waals surface area contributed by atoms with E-state index in [2.05, 4.69) is 24.5 Å². The Labute approximate surface area is 169 Å². The predicted molar refractivity (Wildman–Crippen MR) is 113 cm³/mol. The number of ether oxygens (including phenoxy) is 1. The summed E-state index contributed by atoms with van der Waals surface area (Å²) in [6.07, 6.45) is 4.03. The minimum absolute atomic E-state index is 0.0126. The number of anilines is 1. The summed E-state index contributed by atoms with van der Waals surface area (Å²) in [5, 5.41) is 5.92. The molecule has 1 aliphatic carbocycles. The van der Waals surface area contributed by atoms with Gasteiger partial charge in [0.05, 0.1) is 6.61 Å². The van der Waals surface area contributed by atoms with Crippen LogP contribution < -0.4 is 15.4 Å². The third-order valence-corrected chi connectivity index (χ3v) is 5.77. The smallest absolute Gasteiger partial charge is 0.247 e. The van der Waals surface area contributed by atoms with Gasteiger partial charge in [0.15, 0.2) is 0 Å². The molecule has 0 unspecified atom stereocenters. The SMILES string of the molecule is CCOc1ccc(NC(=O)[C@@H](NC(=O)C2CCC(C(C)C)CC2)C(C)C)cc1. The van der Waals surface area contributed by atoms with Crippen LogP contribution in [0.15, 0.2) is 24.3 Å². The van der Waals surface area contributed by atoms with Crippen molar-refractivity contribution in [2.75, 3.05) is 11.9 Å². The molecule has 156 valence electrons. The van der Waals surface area contributed by atoms with Crippen LogP contribution in [-0.2, 0) is 9.59 Å². The standard InChI is InChI=1S/C23H36N2O3/c1-6-28-20-13-11-19(12-14-20)24-23(27)21(16(4)5)25-22(26)18-9-7-17(8-10-18)15(2)3/h11-18,21H,6-10H2,1-5H3,(H,24,27)(H,25,26)/t17?,18?,21-/m0/s1. The Hall–Kier alpha value is -2.04. The van der Waals surface area contributed by atoms with Gasteiger partial charge in [0.25, 0.3) is 0 Å². The Morgan fingerprint density at radius 3 is 2.14 bits per heavy atom. The maximum atomic E-state index is 12.8. The molecule has 5 nitrogen and oxygen atoms in total. The number of hydrogen-bond acceptors (Lipinski definition) is 3. The zero-order valence-electron chi connectivity index (χ0n) is 18.0. The van der Waals surface area contributed by atoms with Crippen LogP contribution in [0.25, 0.3) is 0 Å². The lowest BCUT2D eigenvalue weighted by Crippen LogP contribution is -2.49. The lowest BCUT2D eigenvalue weighted by Gasteiger charge is -2.31. The second-order valence-electron chi connectivity index (χ2n) is 8.53. The van der Waals surface area contributed by atoms with Crippen LogP contribution >= 0.6 is 0 Å². The van der Waals surface area contributed by atoms with Gasteiger partial charge in [-0.3, -0.25) is 9.59 Å². The van der Waals surface area contributed by atoms with E-state index < -0.39 is 6.04 Å². The molecule has 2 N–H and O–H groups in total. The molecule has 0 aliphatic heterocycles. The molecule has 1 atom stereocenters. The van der Waals surface area contributed by atoms with Gasteiger partial charge in [0.2, 0.25) is 11.8 Å². The number of nitrogens with one attached hydrogen (secondary N) is 2. The van der Waals surface area contributed by atoms with Gasteiger partial charge < -0.3 is 15.4 Å². The summed E-state index contributed by atoms with van der Waals surface area (Å²) >= 11 is 0. The van der Waals surface area contributed by atoms with Gasteiger partial charge in [0, 0.05) is 11.6 Å². The van der Waals surface area contributed by atoms with Crippen LogP contribution in [0.1, 0.15) is 60.3 Å². The van der Waals surface area contributed by atoms with E-state index in [0.29, 0.717) is 24.1 Å². The Kier molecular flexibility index (Phi) is 8.34. The van der Waals surface area contributed by atoms with E-state index in [0.717, 1.165) is 31.4 Å². The van der Waals surface area contributed by atoms with Gasteiger partial charge in [-0.1, -0.05) is 27.7 Å². The molecule has 0 heterocycles. The van der Waals surface area contributed by atoms with Crippen molar-refractivity contribution in [3.63, 3.8) is 0 Å². The fraction of sp³-hybridized carbons (Fsp3) is 0.652. The molecule has 2 amide bonds. The quantitative estimate of drug-likeness (QED) is 0.682. The van der Waals surface area contributed by atoms with Crippen molar-refractivity contribution in [1.29, 1.82) is 0 Å². The van der Waals surface area contributed by atoms with Gasteiger partial charge in [0.1, 0.15) is 11.8 Å². The first-order valence-electron chi connectivity index (χ1n) is 10.7. The largest absolute Gasteiger partial charge is 0.494 e. The van der Waals surface area contributed by atoms with Crippen LogP contribution in [0.4, 0.5) is 5.69 Å². The topological polar surface area (TPSA) is 67.4 Å². The first-order valence-corrected chi connectivity index (χ1v) is 10.7. The van der Waals surface area contributed by atoms with E-state index >= 15 is 0 Å². The minimum atomic E-state index is -0.540. The van der Waals surface area contributed by atoms with Gasteiger partial charge >= 0.3 is 0 Å². The maximum Gasteiger partial charge on any atom is 0.247 e. The zero-order chi connectivity index (χ0) is 20.7. The number of carbonyl (C=O) groups excluding carboxylic acids is 2. The molecule has 1 saturated carbocycles. The zero-order valence-corrected chi connectivity index (χ0v) is 18.0. The van der Waals surface area contributed by atoms with E-state index in [1.807, 2.05) is 45.0 Å². The number of amides is 2. The summed E-state index contributed by atoms with van der Waals surface area (Å²) in [5.41, 5.74) is 0.700. The van der Waals surface area contributed by atoms with Crippen LogP contribution in [0.3, 0.4) is 0 Å². The average molecular weight is 389 g/mol. The van der Waals surface area contributed by atoms with Gasteiger partial charge in [-0.2, -0.15) is 0 Å². The van der Waals surface area contributed by atoms with E-state index in [1.54, 1.807) is 0 Å². The lowest BCUT2D eigenvalue weighted by molar-refractivity contribution is -0.131. The second kappa shape index (κ2) is 10.5. The Morgan fingerprint density at radius 1 is 1.04 bits per heavy atom. The molecule has 2 rings (SSSR count). The Morgan fingerprint density at radius 2 is 1.64 bits per heavy atom. The van der Waals surface area contributed by atoms with Gasteiger partial charge in [-0.05, 0) is 74.6 Å². The molecular weight excluding hydrogens is 352 g/mol. The molecule has 0 bridgehead atoms. The van der Waals surface area contributed by atoms with E-state index in [9.17, 15) is 9.59 Å². The first kappa shape index (κ1) is 22.3. The molecule has 5 heteroatoms. The first-order chi connectivity index (χ1) is 13.3. The number of benzene rings is 1. The highest BCUT2D eigenvalue weighted by Crippen LogP contribution is 2.33. The van der Waals surface area contributed by atoms with Crippen LogP contribution in [0, 0.1) is 23.7 Å². The van der Waals surface area contributed by atoms with Crippen LogP contribution in [0.5, 0.6) is 5.75 Å². The highest BCUT2D eigenvalue weighted by molar-refractivity contribution is 5.97. The van der Waals surface area contributed by atoms with Crippen molar-refractivity contribution in [3.8, 4) is 5.75 Å². The monoisotopic (exact) mass is 388 g/mol. The highest BCUT2D eigenvalue weighted by atomic mass is 16.5. The third-order valence-electron chi connectivity index (χ3n) is 5.77. The Balaban J connectivity index is 1.93. The van der Waals surface area contributed by atoms with Crippen molar-refractivity contribution in [1.82, 2.24) is 5.32 Å². The van der Waals surface area contributed by atoms with E-state index in [-0.39, 0.29) is 23.7 Å². The van der Waals surface area contributed by atoms with Crippen LogP contribution in [-0.4, -0.2) is 24.5 Å². The van der Waals surface area contributed by atoms with Crippen molar-refractivity contribution >= 4 is 17.5 Å². The van der Waals surface area contributed by atoms with E-state index in [1.165, 1.54) is 0 Å². The minimum Gasteiger partial charge on any atom is -0.494 e. The predicted octanol–water partition coefficient (Wildman–Crippen LogP) is 4.63. The molecule has 1 fully saturated rings. The summed E-state index contributed by atoms with van der Waals surface area (Å²) in [6.45, 7) is 11.0. The fourth-order valence-corrected chi connectivity index (χ4v) is 3.88. The average Bonchev–Trinajstić information content (AvgIpc) is 2.67. The summed E-state index contributed by atoms with van der Waals surface area (Å²) < 4.78 is 5.42. The normalized spacial score (nSPS) is 20.7. The maximum absolute atomic E-state index is 12.8. The van der Waals surface area contributed by atoms with Crippen molar-refractivity contribution in [2.24, 2.45) is 23.7 Å². The summed E-state index contributed by atoms with van der Waals surface area (Å²) in [4.78, 5) is 25.5. The van der Waals surface area contributed by atoms with Crippen molar-refractivity contribution in [2.45, 2.75) is 66.3 Å². The number of rotatable bonds is 8. The molecule has 0 radical (unpaired) electrons. The lowest BCUT2D eigenvalue weighted by atomic mass is 9.76. The van der Waals surface area contributed by atoms with Crippen LogP contribution in [0.2, 0.25) is 0 Å². The molecule has 0 spiro atoms. The van der Waals surface area contributed by atoms with Gasteiger partial charge in [-0.25, -0.2) is 0 Å². The molecule has 28 heavy (non-hydrogen) atoms. The molecular formula is C23H36N2O3. The second-order valence-corrected chi connectivity index (χ2v) is 8.53. The summed E-state index contributed by atoms with van der Waals surface area (Å²) in [6, 6.07) is 6.75. The van der Waals surface area contributed by atoms with Crippen molar-refractivity contribution < 1.29 is 14.3 Å².